The fourth-order valence-electron chi connectivity index (χ4n) is 5.42. The highest BCUT2D eigenvalue weighted by atomic mass is 16.6. The zero-order valence-corrected chi connectivity index (χ0v) is 31.6. The van der Waals surface area contributed by atoms with Gasteiger partial charge < -0.3 is 78.4 Å². The third-order valence-electron chi connectivity index (χ3n) is 8.53. The van der Waals surface area contributed by atoms with Crippen LogP contribution in [0, 0.1) is 0 Å². The zero-order valence-electron chi connectivity index (χ0n) is 31.6. The molecule has 0 aliphatic carbocycles. The molecule has 0 aromatic heterocycles. The van der Waals surface area contributed by atoms with Crippen LogP contribution in [0.1, 0.15) is 66.7 Å². The summed E-state index contributed by atoms with van der Waals surface area (Å²) in [5, 5.41) is 47.3. The van der Waals surface area contributed by atoms with Gasteiger partial charge in [-0.25, -0.2) is 9.59 Å². The molecule has 12 atom stereocenters. The minimum atomic E-state index is -2.03. The third kappa shape index (κ3) is 14.7. The fourth-order valence-corrected chi connectivity index (χ4v) is 5.42. The Balaban J connectivity index is 3.94. The highest BCUT2D eigenvalue weighted by Gasteiger charge is 2.49. The Hall–Kier alpha value is -4.85. The number of nitrogens with one attached hydrogen (secondary N) is 3. The first-order valence-corrected chi connectivity index (χ1v) is 17.5. The first-order chi connectivity index (χ1) is 25.9. The van der Waals surface area contributed by atoms with Gasteiger partial charge in [0.2, 0.25) is 29.5 Å². The molecule has 1 aliphatic rings. The van der Waals surface area contributed by atoms with Crippen LogP contribution in [0.25, 0.3) is 0 Å². The average molecular weight is 807 g/mol. The Morgan fingerprint density at radius 2 is 1.43 bits per heavy atom. The monoisotopic (exact) mass is 806 g/mol. The van der Waals surface area contributed by atoms with Gasteiger partial charge in [-0.3, -0.25) is 33.6 Å². The summed E-state index contributed by atoms with van der Waals surface area (Å²) in [7, 11) is 0. The molecule has 15 N–H and O–H groups in total. The lowest BCUT2D eigenvalue weighted by atomic mass is 9.96. The highest BCUT2D eigenvalue weighted by Crippen LogP contribution is 2.26. The van der Waals surface area contributed by atoms with Gasteiger partial charge in [0.15, 0.2) is 6.29 Å². The molecule has 24 heteroatoms. The minimum absolute atomic E-state index is 0.179. The maximum atomic E-state index is 14.6. The van der Waals surface area contributed by atoms with Gasteiger partial charge in [0.05, 0.1) is 12.6 Å². The van der Waals surface area contributed by atoms with Crippen LogP contribution < -0.4 is 38.9 Å². The van der Waals surface area contributed by atoms with Crippen LogP contribution in [0.3, 0.4) is 0 Å². The normalized spacial score (nSPS) is 23.1. The van der Waals surface area contributed by atoms with Gasteiger partial charge in [0.1, 0.15) is 60.7 Å². The van der Waals surface area contributed by atoms with Crippen LogP contribution in [0.4, 0.5) is 0 Å². The number of aliphatic hydroxyl groups is 3. The van der Waals surface area contributed by atoms with Crippen molar-refractivity contribution in [3.63, 3.8) is 0 Å². The minimum Gasteiger partial charge on any atom is -0.480 e. The number of hydrogen-bond acceptors (Lipinski definition) is 17. The van der Waals surface area contributed by atoms with Crippen molar-refractivity contribution in [3.05, 3.63) is 0 Å². The van der Waals surface area contributed by atoms with E-state index in [1.807, 2.05) is 0 Å². The molecule has 318 valence electrons. The number of primary amides is 2. The fraction of sp³-hybridized carbons (Fsp3) is 0.719. The van der Waals surface area contributed by atoms with E-state index in [0.717, 1.165) is 27.7 Å². The van der Waals surface area contributed by atoms with E-state index in [1.165, 1.54) is 6.92 Å². The number of nitrogens with two attached hydrogens (primary N) is 4. The van der Waals surface area contributed by atoms with E-state index in [2.05, 4.69) is 16.0 Å². The number of nitrogens with zero attached hydrogens (tertiary/aromatic N) is 1. The van der Waals surface area contributed by atoms with E-state index in [1.54, 1.807) is 0 Å². The Morgan fingerprint density at radius 1 is 0.839 bits per heavy atom. The summed E-state index contributed by atoms with van der Waals surface area (Å²) in [6.45, 7) is 4.75. The molecule has 56 heavy (non-hydrogen) atoms. The molecule has 5 unspecified atom stereocenters. The van der Waals surface area contributed by atoms with Crippen LogP contribution in [0.5, 0.6) is 0 Å². The molecule has 1 fully saturated rings. The Bertz CT molecular complexity index is 1450. The van der Waals surface area contributed by atoms with Gasteiger partial charge in [-0.05, 0) is 53.4 Å². The van der Waals surface area contributed by atoms with E-state index >= 15 is 0 Å². The molecule has 24 nitrogen and oxygen atoms in total. The number of carboxylic acid groups (broad SMARTS) is 1. The van der Waals surface area contributed by atoms with E-state index < -0.39 is 152 Å². The molecule has 1 saturated heterocycles. The van der Waals surface area contributed by atoms with E-state index in [9.17, 15) is 63.6 Å². The second-order valence-electron chi connectivity index (χ2n) is 13.3. The van der Waals surface area contributed by atoms with Crippen LogP contribution in [0.2, 0.25) is 0 Å². The highest BCUT2D eigenvalue weighted by molar-refractivity contribution is 5.97. The molecule has 0 aromatic carbocycles. The van der Waals surface area contributed by atoms with Crippen molar-refractivity contribution in [2.45, 2.75) is 140 Å². The summed E-state index contributed by atoms with van der Waals surface area (Å²) in [6, 6.07) is -11.0. The predicted octanol–water partition coefficient (Wildman–Crippen LogP) is -6.34. The zero-order chi connectivity index (χ0) is 43.2. The summed E-state index contributed by atoms with van der Waals surface area (Å²) in [4.78, 5) is 115. The molecule has 0 radical (unpaired) electrons. The number of ether oxygens (including phenoxy) is 3. The summed E-state index contributed by atoms with van der Waals surface area (Å²) in [5.74, 6) is -10.3. The SMILES string of the molecule is CC(=O)N[C@@H]1[C@@H](OC(C)C(=O)N(C(CCCC(N)C(N)=O)C(=O)NC(C)C(=O)NC(C)C(=O)O)[C@H](CCC(N)=O)C(=O)OC(=O)[C@H](C)N)[C@H](O)[C@@H](CO)O[C@@H]1O. The molecular formula is C32H54N8O16. The average Bonchev–Trinajstić information content (AvgIpc) is 3.10. The molecule has 0 bridgehead atoms. The number of esters is 2. The molecule has 1 aliphatic heterocycles. The maximum absolute atomic E-state index is 14.6. The van der Waals surface area contributed by atoms with Crippen molar-refractivity contribution in [2.24, 2.45) is 22.9 Å². The molecule has 6 amide bonds. The molecule has 1 rings (SSSR count). The number of aliphatic hydroxyl groups excluding tert-OH is 3. The number of aliphatic carboxylic acids is 1. The summed E-state index contributed by atoms with van der Waals surface area (Å²) < 4.78 is 15.9. The van der Waals surface area contributed by atoms with Crippen molar-refractivity contribution in [1.82, 2.24) is 20.9 Å². The van der Waals surface area contributed by atoms with E-state index in [4.69, 9.17) is 37.1 Å². The quantitative estimate of drug-likeness (QED) is 0.0358. The van der Waals surface area contributed by atoms with E-state index in [-0.39, 0.29) is 12.8 Å². The summed E-state index contributed by atoms with van der Waals surface area (Å²) in [6.07, 6.45) is -10.9. The number of rotatable bonds is 22. The smallest absolute Gasteiger partial charge is 0.336 e. The van der Waals surface area contributed by atoms with Crippen LogP contribution in [0.15, 0.2) is 0 Å². The van der Waals surface area contributed by atoms with Crippen LogP contribution in [-0.4, -0.2) is 158 Å². The lowest BCUT2D eigenvalue weighted by molar-refractivity contribution is -0.267. The molecule has 0 aromatic rings. The molecule has 1 heterocycles. The van der Waals surface area contributed by atoms with Crippen LogP contribution in [-0.2, 0) is 57.4 Å². The largest absolute Gasteiger partial charge is 0.480 e. The molecule has 0 spiro atoms. The first-order valence-electron chi connectivity index (χ1n) is 17.5. The Kier molecular flexibility index (Phi) is 19.9. The van der Waals surface area contributed by atoms with Crippen molar-refractivity contribution in [3.8, 4) is 0 Å². The second kappa shape index (κ2) is 22.6. The Morgan fingerprint density at radius 3 is 1.93 bits per heavy atom. The second-order valence-corrected chi connectivity index (χ2v) is 13.3. The van der Waals surface area contributed by atoms with Crippen molar-refractivity contribution < 1.29 is 77.8 Å². The van der Waals surface area contributed by atoms with Gasteiger partial charge in [-0.2, -0.15) is 0 Å². The van der Waals surface area contributed by atoms with Crippen molar-refractivity contribution >= 4 is 53.4 Å². The van der Waals surface area contributed by atoms with E-state index in [0.29, 0.717) is 4.90 Å². The van der Waals surface area contributed by atoms with Crippen molar-refractivity contribution in [1.29, 1.82) is 0 Å². The number of carboxylic acids is 1. The van der Waals surface area contributed by atoms with Gasteiger partial charge in [-0.1, -0.05) is 0 Å². The standard InChI is InChI=1S/C32H54N8O16/c1-12(33)30(51)56-31(52)19(9-10-21(35)43)40(28(48)15(4)54-24-22(39-16(5)42)32(53)55-20(11-41)23(24)44)18(8-6-7-17(34)25(36)45)27(47)37-13(2)26(46)38-14(3)29(49)50/h12-15,17-20,22-24,32,41,44,53H,6-11,33-34H2,1-5H3,(H2,35,43)(H2,36,45)(H,37,47)(H,38,46)(H,39,42)(H,49,50)/t12-,13?,14?,15?,17?,18?,19+,20+,22+,23+,24+,32-/m0/s1. The van der Waals surface area contributed by atoms with Gasteiger partial charge >= 0.3 is 17.9 Å². The van der Waals surface area contributed by atoms with Gasteiger partial charge in [0, 0.05) is 13.3 Å². The maximum Gasteiger partial charge on any atom is 0.336 e. The lowest BCUT2D eigenvalue weighted by Crippen LogP contribution is -2.66. The van der Waals surface area contributed by atoms with Gasteiger partial charge in [0.25, 0.3) is 5.91 Å². The number of carbonyl (C=O) groups is 9. The first kappa shape index (κ1) is 49.2. The van der Waals surface area contributed by atoms with Crippen LogP contribution >= 0.6 is 0 Å². The van der Waals surface area contributed by atoms with Crippen molar-refractivity contribution in [2.75, 3.05) is 6.61 Å². The topological polar surface area (TPSA) is 406 Å². The number of carbonyl (C=O) groups excluding carboxylic acids is 8. The van der Waals surface area contributed by atoms with Gasteiger partial charge in [-0.15, -0.1) is 0 Å². The Labute approximate surface area is 321 Å². The summed E-state index contributed by atoms with van der Waals surface area (Å²) >= 11 is 0. The number of hydrogen-bond donors (Lipinski definition) is 11. The lowest BCUT2D eigenvalue weighted by Gasteiger charge is -2.44. The summed E-state index contributed by atoms with van der Waals surface area (Å²) in [5.41, 5.74) is 22.0. The predicted molar refractivity (Wildman–Crippen MR) is 187 cm³/mol. The molecule has 0 saturated carbocycles. The molecular weight excluding hydrogens is 752 g/mol. The number of amides is 6. The third-order valence-corrected chi connectivity index (χ3v) is 8.53.